The highest BCUT2D eigenvalue weighted by molar-refractivity contribution is 9.10. The van der Waals surface area contributed by atoms with E-state index in [0.717, 1.165) is 15.7 Å². The van der Waals surface area contributed by atoms with Crippen LogP contribution in [0, 0.1) is 6.92 Å². The van der Waals surface area contributed by atoms with Crippen LogP contribution in [0.15, 0.2) is 40.9 Å². The molecule has 0 unspecified atom stereocenters. The van der Waals surface area contributed by atoms with Gasteiger partial charge in [0.25, 0.3) is 5.91 Å². The van der Waals surface area contributed by atoms with E-state index < -0.39 is 0 Å². The summed E-state index contributed by atoms with van der Waals surface area (Å²) in [6.45, 7) is 1.99. The number of nitrogens with one attached hydrogen (secondary N) is 1. The van der Waals surface area contributed by atoms with Crippen molar-refractivity contribution >= 4 is 33.2 Å². The predicted molar refractivity (Wildman–Crippen MR) is 84.2 cm³/mol. The van der Waals surface area contributed by atoms with Crippen molar-refractivity contribution in [3.8, 4) is 5.75 Å². The molecule has 0 saturated heterocycles. The van der Waals surface area contributed by atoms with Crippen molar-refractivity contribution in [2.75, 3.05) is 18.2 Å². The zero-order chi connectivity index (χ0) is 14.7. The minimum Gasteiger partial charge on any atom is -0.495 e. The fourth-order valence-electron chi connectivity index (χ4n) is 1.73. The number of halogens is 1. The van der Waals surface area contributed by atoms with Crippen LogP contribution in [0.25, 0.3) is 0 Å². The van der Waals surface area contributed by atoms with Gasteiger partial charge < -0.3 is 15.8 Å². The highest BCUT2D eigenvalue weighted by atomic mass is 79.9. The average molecular weight is 335 g/mol. The molecule has 104 valence electrons. The van der Waals surface area contributed by atoms with E-state index >= 15 is 0 Å². The van der Waals surface area contributed by atoms with Gasteiger partial charge >= 0.3 is 0 Å². The van der Waals surface area contributed by atoms with Gasteiger partial charge in [0, 0.05) is 15.7 Å². The number of carbonyl (C=O) groups excluding carboxylic acids is 1. The summed E-state index contributed by atoms with van der Waals surface area (Å²) in [4.78, 5) is 12.2. The SMILES string of the molecule is COc1cc(C(=O)Nc2ccc(C)c(Br)c2)ccc1N. The standard InChI is InChI=1S/C15H15BrN2O2/c1-9-3-5-11(8-12(9)16)18-15(19)10-4-6-13(17)14(7-10)20-2/h3-8H,17H2,1-2H3,(H,18,19). The largest absolute Gasteiger partial charge is 0.495 e. The van der Waals surface area contributed by atoms with Crippen molar-refractivity contribution in [2.45, 2.75) is 6.92 Å². The fraction of sp³-hybridized carbons (Fsp3) is 0.133. The number of aryl methyl sites for hydroxylation is 1. The maximum Gasteiger partial charge on any atom is 0.255 e. The van der Waals surface area contributed by atoms with Gasteiger partial charge in [-0.2, -0.15) is 0 Å². The molecule has 1 amide bonds. The third kappa shape index (κ3) is 3.11. The summed E-state index contributed by atoms with van der Waals surface area (Å²) < 4.78 is 6.06. The van der Waals surface area contributed by atoms with E-state index in [1.54, 1.807) is 18.2 Å². The summed E-state index contributed by atoms with van der Waals surface area (Å²) in [5.74, 6) is 0.279. The maximum atomic E-state index is 12.2. The third-order valence-electron chi connectivity index (χ3n) is 2.93. The van der Waals surface area contributed by atoms with Crippen molar-refractivity contribution in [3.63, 3.8) is 0 Å². The highest BCUT2D eigenvalue weighted by Crippen LogP contribution is 2.24. The molecule has 0 aliphatic heterocycles. The Labute approximate surface area is 126 Å². The number of hydrogen-bond acceptors (Lipinski definition) is 3. The lowest BCUT2D eigenvalue weighted by Crippen LogP contribution is -2.12. The van der Waals surface area contributed by atoms with Gasteiger partial charge in [0.2, 0.25) is 0 Å². The zero-order valence-corrected chi connectivity index (χ0v) is 12.8. The average Bonchev–Trinajstić information content (AvgIpc) is 2.43. The smallest absolute Gasteiger partial charge is 0.255 e. The number of ether oxygens (including phenoxy) is 1. The van der Waals surface area contributed by atoms with Crippen LogP contribution in [0.5, 0.6) is 5.75 Å². The van der Waals surface area contributed by atoms with Crippen LogP contribution in [-0.4, -0.2) is 13.0 Å². The minimum absolute atomic E-state index is 0.209. The number of hydrogen-bond donors (Lipinski definition) is 2. The Morgan fingerprint density at radius 3 is 2.65 bits per heavy atom. The first-order valence-corrected chi connectivity index (χ1v) is 6.81. The van der Waals surface area contributed by atoms with Gasteiger partial charge in [-0.3, -0.25) is 4.79 Å². The van der Waals surface area contributed by atoms with E-state index in [4.69, 9.17) is 10.5 Å². The number of benzene rings is 2. The first-order valence-electron chi connectivity index (χ1n) is 6.02. The van der Waals surface area contributed by atoms with Crippen molar-refractivity contribution in [1.29, 1.82) is 0 Å². The Morgan fingerprint density at radius 2 is 2.00 bits per heavy atom. The first-order chi connectivity index (χ1) is 9.51. The molecule has 0 bridgehead atoms. The van der Waals surface area contributed by atoms with Crippen LogP contribution in [-0.2, 0) is 0 Å². The molecule has 0 atom stereocenters. The molecule has 2 aromatic carbocycles. The topological polar surface area (TPSA) is 64.3 Å². The van der Waals surface area contributed by atoms with E-state index in [1.165, 1.54) is 7.11 Å². The molecule has 2 rings (SSSR count). The Bertz CT molecular complexity index is 656. The second-order valence-corrected chi connectivity index (χ2v) is 5.23. The molecule has 3 N–H and O–H groups in total. The first kappa shape index (κ1) is 14.4. The Morgan fingerprint density at radius 1 is 1.25 bits per heavy atom. The van der Waals surface area contributed by atoms with E-state index in [0.29, 0.717) is 17.0 Å². The van der Waals surface area contributed by atoms with Gasteiger partial charge in [0.1, 0.15) is 5.75 Å². The van der Waals surface area contributed by atoms with Gasteiger partial charge in [-0.05, 0) is 42.8 Å². The van der Waals surface area contributed by atoms with E-state index in [1.807, 2.05) is 25.1 Å². The molecule has 0 saturated carbocycles. The normalized spacial score (nSPS) is 10.2. The van der Waals surface area contributed by atoms with Gasteiger partial charge in [0.05, 0.1) is 12.8 Å². The summed E-state index contributed by atoms with van der Waals surface area (Å²) in [6, 6.07) is 10.6. The molecule has 0 aliphatic rings. The van der Waals surface area contributed by atoms with Gasteiger partial charge in [-0.15, -0.1) is 0 Å². The van der Waals surface area contributed by atoms with Crippen molar-refractivity contribution in [2.24, 2.45) is 0 Å². The zero-order valence-electron chi connectivity index (χ0n) is 11.2. The molecular formula is C15H15BrN2O2. The van der Waals surface area contributed by atoms with Crippen LogP contribution in [0.1, 0.15) is 15.9 Å². The monoisotopic (exact) mass is 334 g/mol. The minimum atomic E-state index is -0.209. The maximum absolute atomic E-state index is 12.2. The highest BCUT2D eigenvalue weighted by Gasteiger charge is 2.09. The molecule has 0 aromatic heterocycles. The van der Waals surface area contributed by atoms with Crippen LogP contribution in [0.3, 0.4) is 0 Å². The Balaban J connectivity index is 2.21. The molecule has 5 heteroatoms. The molecular weight excluding hydrogens is 320 g/mol. The summed E-state index contributed by atoms with van der Waals surface area (Å²) in [7, 11) is 1.52. The summed E-state index contributed by atoms with van der Waals surface area (Å²) >= 11 is 3.44. The molecule has 0 heterocycles. The lowest BCUT2D eigenvalue weighted by molar-refractivity contribution is 0.102. The van der Waals surface area contributed by atoms with Gasteiger partial charge in [-0.1, -0.05) is 22.0 Å². The molecule has 2 aromatic rings. The molecule has 4 nitrogen and oxygen atoms in total. The quantitative estimate of drug-likeness (QED) is 0.843. The number of anilines is 2. The lowest BCUT2D eigenvalue weighted by Gasteiger charge is -2.09. The van der Waals surface area contributed by atoms with E-state index in [-0.39, 0.29) is 5.91 Å². The molecule has 0 radical (unpaired) electrons. The number of rotatable bonds is 3. The number of amides is 1. The number of carbonyl (C=O) groups is 1. The fourth-order valence-corrected chi connectivity index (χ4v) is 2.11. The molecule has 0 fully saturated rings. The Kier molecular flexibility index (Phi) is 4.29. The third-order valence-corrected chi connectivity index (χ3v) is 3.78. The van der Waals surface area contributed by atoms with Crippen LogP contribution in [0.2, 0.25) is 0 Å². The summed E-state index contributed by atoms with van der Waals surface area (Å²) in [5, 5.41) is 2.83. The van der Waals surface area contributed by atoms with Crippen molar-refractivity contribution in [3.05, 3.63) is 52.0 Å². The second kappa shape index (κ2) is 5.96. The predicted octanol–water partition coefficient (Wildman–Crippen LogP) is 3.60. The van der Waals surface area contributed by atoms with Gasteiger partial charge in [-0.25, -0.2) is 0 Å². The summed E-state index contributed by atoms with van der Waals surface area (Å²) in [6.07, 6.45) is 0. The summed E-state index contributed by atoms with van der Waals surface area (Å²) in [5.41, 5.74) is 8.56. The Hall–Kier alpha value is -2.01. The number of nitrogens with two attached hydrogens (primary N) is 1. The molecule has 0 spiro atoms. The van der Waals surface area contributed by atoms with Gasteiger partial charge in [0.15, 0.2) is 0 Å². The lowest BCUT2D eigenvalue weighted by atomic mass is 10.1. The molecule has 0 aliphatic carbocycles. The van der Waals surface area contributed by atoms with Crippen molar-refractivity contribution < 1.29 is 9.53 Å². The van der Waals surface area contributed by atoms with Crippen molar-refractivity contribution in [1.82, 2.24) is 0 Å². The molecule has 20 heavy (non-hydrogen) atoms. The van der Waals surface area contributed by atoms with E-state index in [9.17, 15) is 4.79 Å². The van der Waals surface area contributed by atoms with E-state index in [2.05, 4.69) is 21.2 Å². The second-order valence-electron chi connectivity index (χ2n) is 4.37. The van der Waals surface area contributed by atoms with Crippen LogP contribution < -0.4 is 15.8 Å². The number of methoxy groups -OCH3 is 1. The van der Waals surface area contributed by atoms with Crippen LogP contribution in [0.4, 0.5) is 11.4 Å². The number of nitrogen functional groups attached to an aromatic ring is 1. The van der Waals surface area contributed by atoms with Crippen LogP contribution >= 0.6 is 15.9 Å².